The fourth-order valence-electron chi connectivity index (χ4n) is 5.89. The predicted octanol–water partition coefficient (Wildman–Crippen LogP) is 2.06. The average Bonchev–Trinajstić information content (AvgIpc) is 2.92. The Hall–Kier alpha value is -1.08. The zero-order chi connectivity index (χ0) is 14.4. The molecule has 21 heavy (non-hydrogen) atoms. The first-order chi connectivity index (χ1) is 10.2. The quantitative estimate of drug-likeness (QED) is 0.864. The van der Waals surface area contributed by atoms with Gasteiger partial charge in [-0.2, -0.15) is 5.26 Å². The second-order valence-corrected chi connectivity index (χ2v) is 7.93. The number of amides is 1. The maximum absolute atomic E-state index is 12.4. The molecule has 1 aliphatic heterocycles. The lowest BCUT2D eigenvalue weighted by atomic mass is 9.53. The molecule has 4 bridgehead atoms. The third-order valence-corrected chi connectivity index (χ3v) is 6.38. The van der Waals surface area contributed by atoms with E-state index in [0.29, 0.717) is 6.54 Å². The molecule has 1 saturated heterocycles. The van der Waals surface area contributed by atoms with E-state index in [1.54, 1.807) is 4.90 Å². The van der Waals surface area contributed by atoms with Crippen LogP contribution in [0.4, 0.5) is 0 Å². The molecule has 4 saturated carbocycles. The van der Waals surface area contributed by atoms with Crippen molar-refractivity contribution >= 4 is 5.91 Å². The van der Waals surface area contributed by atoms with Crippen LogP contribution in [0, 0.1) is 29.1 Å². The van der Waals surface area contributed by atoms with Crippen molar-refractivity contribution in [3.8, 4) is 6.07 Å². The molecule has 5 rings (SSSR count). The fourth-order valence-corrected chi connectivity index (χ4v) is 5.89. The zero-order valence-corrected chi connectivity index (χ0v) is 12.7. The van der Waals surface area contributed by atoms with E-state index < -0.39 is 0 Å². The molecule has 5 fully saturated rings. The second-order valence-electron chi connectivity index (χ2n) is 7.93. The van der Waals surface area contributed by atoms with Crippen molar-refractivity contribution in [2.24, 2.45) is 17.8 Å². The number of carbonyl (C=O) groups is 1. The van der Waals surface area contributed by atoms with Crippen molar-refractivity contribution in [3.05, 3.63) is 0 Å². The van der Waals surface area contributed by atoms with Crippen molar-refractivity contribution in [3.63, 3.8) is 0 Å². The minimum absolute atomic E-state index is 0.134. The van der Waals surface area contributed by atoms with Gasteiger partial charge in [0.25, 0.3) is 0 Å². The van der Waals surface area contributed by atoms with Gasteiger partial charge in [0.1, 0.15) is 6.04 Å². The zero-order valence-electron chi connectivity index (χ0n) is 12.7. The van der Waals surface area contributed by atoms with Gasteiger partial charge in [0.2, 0.25) is 5.91 Å². The first-order valence-electron chi connectivity index (χ1n) is 8.61. The number of nitrogens with zero attached hydrogens (tertiary/aromatic N) is 2. The van der Waals surface area contributed by atoms with Crippen LogP contribution in [0.2, 0.25) is 0 Å². The number of hydrogen-bond donors (Lipinski definition) is 1. The smallest absolute Gasteiger partial charge is 0.237 e. The van der Waals surface area contributed by atoms with Crippen LogP contribution >= 0.6 is 0 Å². The molecule has 5 aliphatic rings. The summed E-state index contributed by atoms with van der Waals surface area (Å²) < 4.78 is 0. The predicted molar refractivity (Wildman–Crippen MR) is 79.3 cm³/mol. The molecule has 4 heteroatoms. The number of likely N-dealkylation sites (tertiary alicyclic amines) is 1. The Morgan fingerprint density at radius 2 is 1.81 bits per heavy atom. The van der Waals surface area contributed by atoms with Gasteiger partial charge in [-0.1, -0.05) is 0 Å². The summed E-state index contributed by atoms with van der Waals surface area (Å²) in [6, 6.07) is 2.08. The van der Waals surface area contributed by atoms with Crippen LogP contribution in [0.15, 0.2) is 0 Å². The van der Waals surface area contributed by atoms with Crippen LogP contribution in [0.25, 0.3) is 0 Å². The van der Waals surface area contributed by atoms with Gasteiger partial charge >= 0.3 is 0 Å². The van der Waals surface area contributed by atoms with E-state index in [0.717, 1.165) is 37.1 Å². The lowest BCUT2D eigenvalue weighted by molar-refractivity contribution is -0.131. The van der Waals surface area contributed by atoms with Gasteiger partial charge in [-0.15, -0.1) is 0 Å². The van der Waals surface area contributed by atoms with Crippen LogP contribution in [-0.2, 0) is 4.79 Å². The number of hydrogen-bond acceptors (Lipinski definition) is 3. The highest BCUT2D eigenvalue weighted by Crippen LogP contribution is 2.55. The summed E-state index contributed by atoms with van der Waals surface area (Å²) in [6.45, 7) is 1.20. The number of nitriles is 1. The topological polar surface area (TPSA) is 56.1 Å². The molecular weight excluding hydrogens is 262 g/mol. The van der Waals surface area contributed by atoms with Gasteiger partial charge in [0.15, 0.2) is 0 Å². The summed E-state index contributed by atoms with van der Waals surface area (Å²) in [6.07, 6.45) is 9.92. The lowest BCUT2D eigenvalue weighted by Gasteiger charge is -2.57. The minimum atomic E-state index is -0.185. The van der Waals surface area contributed by atoms with Crippen molar-refractivity contribution in [1.82, 2.24) is 10.2 Å². The van der Waals surface area contributed by atoms with Crippen LogP contribution in [0.5, 0.6) is 0 Å². The SMILES string of the molecule is N#C[C@H]1CCCN1C(=O)CNC12CC3CC(CC(C3)C1)C2. The molecule has 0 unspecified atom stereocenters. The Kier molecular flexibility index (Phi) is 3.22. The maximum atomic E-state index is 12.4. The summed E-state index contributed by atoms with van der Waals surface area (Å²) in [5.74, 6) is 2.84. The van der Waals surface area contributed by atoms with Gasteiger partial charge in [-0.25, -0.2) is 0 Å². The van der Waals surface area contributed by atoms with E-state index in [1.807, 2.05) is 0 Å². The molecule has 4 aliphatic carbocycles. The lowest BCUT2D eigenvalue weighted by Crippen LogP contribution is -2.60. The highest BCUT2D eigenvalue weighted by Gasteiger charge is 2.50. The Labute approximate surface area is 126 Å². The highest BCUT2D eigenvalue weighted by atomic mass is 16.2. The van der Waals surface area contributed by atoms with Gasteiger partial charge in [-0.3, -0.25) is 4.79 Å². The number of nitrogens with one attached hydrogen (secondary N) is 1. The first-order valence-corrected chi connectivity index (χ1v) is 8.61. The largest absolute Gasteiger partial charge is 0.326 e. The molecule has 0 aromatic heterocycles. The summed E-state index contributed by atoms with van der Waals surface area (Å²) >= 11 is 0. The molecule has 1 heterocycles. The molecule has 0 radical (unpaired) electrons. The highest BCUT2D eigenvalue weighted by molar-refractivity contribution is 5.79. The van der Waals surface area contributed by atoms with Crippen LogP contribution in [0.1, 0.15) is 51.4 Å². The molecule has 4 nitrogen and oxygen atoms in total. The van der Waals surface area contributed by atoms with Crippen LogP contribution in [0.3, 0.4) is 0 Å². The van der Waals surface area contributed by atoms with Gasteiger partial charge in [-0.05, 0) is 69.1 Å². The van der Waals surface area contributed by atoms with Crippen molar-refractivity contribution in [2.45, 2.75) is 62.9 Å². The second kappa shape index (κ2) is 4.98. The van der Waals surface area contributed by atoms with Crippen molar-refractivity contribution in [2.75, 3.05) is 13.1 Å². The molecule has 0 aromatic rings. The van der Waals surface area contributed by atoms with E-state index in [-0.39, 0.29) is 17.5 Å². The molecule has 114 valence electrons. The van der Waals surface area contributed by atoms with Gasteiger partial charge in [0, 0.05) is 12.1 Å². The Morgan fingerprint density at radius 3 is 2.38 bits per heavy atom. The molecular formula is C17H25N3O. The molecule has 0 spiro atoms. The average molecular weight is 287 g/mol. The molecule has 0 aromatic carbocycles. The summed E-state index contributed by atoms with van der Waals surface area (Å²) in [4.78, 5) is 14.2. The number of rotatable bonds is 3. The van der Waals surface area contributed by atoms with Crippen molar-refractivity contribution in [1.29, 1.82) is 5.26 Å². The Bertz CT molecular complexity index is 446. The third-order valence-electron chi connectivity index (χ3n) is 6.38. The molecule has 1 N–H and O–H groups in total. The monoisotopic (exact) mass is 287 g/mol. The third kappa shape index (κ3) is 2.36. The summed E-state index contributed by atoms with van der Waals surface area (Å²) in [7, 11) is 0. The van der Waals surface area contributed by atoms with Crippen molar-refractivity contribution < 1.29 is 4.79 Å². The minimum Gasteiger partial charge on any atom is -0.326 e. The maximum Gasteiger partial charge on any atom is 0.237 e. The van der Waals surface area contributed by atoms with E-state index >= 15 is 0 Å². The summed E-state index contributed by atoms with van der Waals surface area (Å²) in [5, 5.41) is 12.8. The van der Waals surface area contributed by atoms with Crippen LogP contribution in [-0.4, -0.2) is 35.5 Å². The Balaban J connectivity index is 1.38. The molecule has 1 atom stereocenters. The fraction of sp³-hybridized carbons (Fsp3) is 0.882. The normalized spacial score (nSPS) is 44.0. The van der Waals surface area contributed by atoms with Gasteiger partial charge in [0.05, 0.1) is 12.6 Å². The van der Waals surface area contributed by atoms with Crippen LogP contribution < -0.4 is 5.32 Å². The Morgan fingerprint density at radius 1 is 1.19 bits per heavy atom. The van der Waals surface area contributed by atoms with E-state index in [4.69, 9.17) is 5.26 Å². The van der Waals surface area contributed by atoms with E-state index in [9.17, 15) is 4.79 Å². The van der Waals surface area contributed by atoms with Gasteiger partial charge < -0.3 is 10.2 Å². The first kappa shape index (κ1) is 13.6. The van der Waals surface area contributed by atoms with E-state index in [2.05, 4.69) is 11.4 Å². The molecule has 1 amide bonds. The standard InChI is InChI=1S/C17H25N3O/c18-10-15-2-1-3-20(15)16(21)11-19-17-7-12-4-13(8-17)6-14(5-12)9-17/h12-15,19H,1-9,11H2/t12?,13?,14?,15-,17?/m1/s1. The van der Waals surface area contributed by atoms with E-state index in [1.165, 1.54) is 38.5 Å². The number of carbonyl (C=O) groups excluding carboxylic acids is 1. The summed E-state index contributed by atoms with van der Waals surface area (Å²) in [5.41, 5.74) is 0.242.